The first kappa shape index (κ1) is 18.1. The highest BCUT2D eigenvalue weighted by Gasteiger charge is 1.98. The van der Waals surface area contributed by atoms with Gasteiger partial charge in [-0.3, -0.25) is 0 Å². The van der Waals surface area contributed by atoms with E-state index in [1.165, 1.54) is 0 Å². The molecular weight excluding hydrogens is 393 g/mol. The molecule has 0 aliphatic heterocycles. The molecule has 0 amide bonds. The maximum atomic E-state index is 5.87. The van der Waals surface area contributed by atoms with Crippen molar-refractivity contribution in [2.45, 2.75) is 6.54 Å². The smallest absolute Gasteiger partial charge is 0.193 e. The summed E-state index contributed by atoms with van der Waals surface area (Å²) in [7, 11) is 3.27. The Hall–Kier alpha value is -1.96. The summed E-state index contributed by atoms with van der Waals surface area (Å²) in [5.74, 6) is 1.95. The van der Waals surface area contributed by atoms with E-state index in [2.05, 4.69) is 10.3 Å². The molecule has 0 unspecified atom stereocenters. The van der Waals surface area contributed by atoms with Crippen molar-refractivity contribution in [3.05, 3.63) is 54.1 Å². The zero-order valence-electron chi connectivity index (χ0n) is 12.6. The third-order valence-corrected chi connectivity index (χ3v) is 2.93. The molecule has 6 heteroatoms. The first-order chi connectivity index (χ1) is 10.2. The van der Waals surface area contributed by atoms with Crippen molar-refractivity contribution in [2.24, 2.45) is 10.7 Å². The molecule has 22 heavy (non-hydrogen) atoms. The van der Waals surface area contributed by atoms with E-state index in [0.29, 0.717) is 12.5 Å². The number of rotatable bonds is 5. The van der Waals surface area contributed by atoms with Crippen LogP contribution in [0.1, 0.15) is 5.56 Å². The van der Waals surface area contributed by atoms with E-state index in [4.69, 9.17) is 15.2 Å². The van der Waals surface area contributed by atoms with Crippen molar-refractivity contribution < 1.29 is 9.47 Å². The molecule has 0 aromatic heterocycles. The van der Waals surface area contributed by atoms with Crippen molar-refractivity contribution in [1.82, 2.24) is 0 Å². The summed E-state index contributed by atoms with van der Waals surface area (Å²) < 4.78 is 10.3. The van der Waals surface area contributed by atoms with Crippen LogP contribution in [0.15, 0.2) is 53.5 Å². The van der Waals surface area contributed by atoms with Crippen LogP contribution in [-0.4, -0.2) is 20.2 Å². The van der Waals surface area contributed by atoms with Crippen LogP contribution in [0.5, 0.6) is 11.5 Å². The fraction of sp³-hybridized carbons (Fsp3) is 0.188. The minimum absolute atomic E-state index is 0. The summed E-state index contributed by atoms with van der Waals surface area (Å²) in [5, 5.41) is 3.03. The average Bonchev–Trinajstić information content (AvgIpc) is 2.53. The van der Waals surface area contributed by atoms with E-state index in [1.807, 2.05) is 48.5 Å². The fourth-order valence-electron chi connectivity index (χ4n) is 1.80. The Morgan fingerprint density at radius 2 is 1.73 bits per heavy atom. The van der Waals surface area contributed by atoms with E-state index < -0.39 is 0 Å². The fourth-order valence-corrected chi connectivity index (χ4v) is 1.80. The molecule has 118 valence electrons. The number of anilines is 1. The largest absolute Gasteiger partial charge is 0.497 e. The van der Waals surface area contributed by atoms with Crippen molar-refractivity contribution in [2.75, 3.05) is 19.5 Å². The van der Waals surface area contributed by atoms with Gasteiger partial charge < -0.3 is 20.5 Å². The number of guanidine groups is 1. The zero-order valence-corrected chi connectivity index (χ0v) is 14.9. The highest BCUT2D eigenvalue weighted by atomic mass is 127. The van der Waals surface area contributed by atoms with E-state index in [1.54, 1.807) is 14.2 Å². The van der Waals surface area contributed by atoms with Crippen molar-refractivity contribution in [1.29, 1.82) is 0 Å². The first-order valence-electron chi connectivity index (χ1n) is 6.55. The summed E-state index contributed by atoms with van der Waals surface area (Å²) in [6, 6.07) is 15.2. The van der Waals surface area contributed by atoms with Crippen molar-refractivity contribution in [3.8, 4) is 11.5 Å². The number of hydrogen-bond donors (Lipinski definition) is 2. The molecule has 2 rings (SSSR count). The standard InChI is InChI=1S/C16H19N3O2.HI/c1-20-14-8-6-12(7-9-14)11-18-16(17)19-13-4-3-5-15(10-13)21-2;/h3-10H,11H2,1-2H3,(H3,17,18,19);1H. The molecule has 0 spiro atoms. The van der Waals surface area contributed by atoms with Crippen molar-refractivity contribution >= 4 is 35.6 Å². The van der Waals surface area contributed by atoms with E-state index in [0.717, 1.165) is 22.7 Å². The Labute approximate surface area is 147 Å². The summed E-state index contributed by atoms with van der Waals surface area (Å²) in [4.78, 5) is 4.30. The van der Waals surface area contributed by atoms with Gasteiger partial charge >= 0.3 is 0 Å². The summed E-state index contributed by atoms with van der Waals surface area (Å²) in [6.07, 6.45) is 0. The van der Waals surface area contributed by atoms with Crippen LogP contribution in [0.2, 0.25) is 0 Å². The number of nitrogens with one attached hydrogen (secondary N) is 1. The number of hydrogen-bond acceptors (Lipinski definition) is 3. The molecule has 0 aliphatic carbocycles. The molecule has 2 aromatic carbocycles. The average molecular weight is 413 g/mol. The zero-order chi connectivity index (χ0) is 15.1. The van der Waals surface area contributed by atoms with Gasteiger partial charge in [0.25, 0.3) is 0 Å². The lowest BCUT2D eigenvalue weighted by Crippen LogP contribution is -2.22. The van der Waals surface area contributed by atoms with E-state index in [9.17, 15) is 0 Å². The number of halogens is 1. The Balaban J connectivity index is 0.00000242. The minimum atomic E-state index is 0. The molecule has 0 heterocycles. The lowest BCUT2D eigenvalue weighted by atomic mass is 10.2. The Kier molecular flexibility index (Phi) is 7.51. The number of nitrogens with zero attached hydrogens (tertiary/aromatic N) is 1. The van der Waals surface area contributed by atoms with Crippen LogP contribution < -0.4 is 20.5 Å². The van der Waals surface area contributed by atoms with Crippen LogP contribution in [0.25, 0.3) is 0 Å². The summed E-state index contributed by atoms with van der Waals surface area (Å²) >= 11 is 0. The number of benzene rings is 2. The molecule has 0 saturated carbocycles. The van der Waals surface area contributed by atoms with Crippen LogP contribution >= 0.6 is 24.0 Å². The lowest BCUT2D eigenvalue weighted by Gasteiger charge is -2.07. The highest BCUT2D eigenvalue weighted by molar-refractivity contribution is 14.0. The van der Waals surface area contributed by atoms with Crippen LogP contribution in [-0.2, 0) is 6.54 Å². The van der Waals surface area contributed by atoms with Crippen LogP contribution in [0, 0.1) is 0 Å². The van der Waals surface area contributed by atoms with E-state index in [-0.39, 0.29) is 24.0 Å². The molecule has 5 nitrogen and oxygen atoms in total. The van der Waals surface area contributed by atoms with E-state index >= 15 is 0 Å². The monoisotopic (exact) mass is 413 g/mol. The molecule has 0 atom stereocenters. The summed E-state index contributed by atoms with van der Waals surface area (Å²) in [5.41, 5.74) is 7.77. The van der Waals surface area contributed by atoms with Gasteiger partial charge in [-0.05, 0) is 29.8 Å². The predicted octanol–water partition coefficient (Wildman–Crippen LogP) is 3.25. The third-order valence-electron chi connectivity index (χ3n) is 2.93. The molecule has 0 fully saturated rings. The molecule has 0 radical (unpaired) electrons. The second-order valence-corrected chi connectivity index (χ2v) is 4.41. The van der Waals surface area contributed by atoms with Crippen molar-refractivity contribution in [3.63, 3.8) is 0 Å². The molecular formula is C16H20IN3O2. The second-order valence-electron chi connectivity index (χ2n) is 4.41. The molecule has 0 saturated heterocycles. The van der Waals surface area contributed by atoms with Gasteiger partial charge in [-0.2, -0.15) is 0 Å². The number of nitrogens with two attached hydrogens (primary N) is 1. The minimum Gasteiger partial charge on any atom is -0.497 e. The molecule has 0 bridgehead atoms. The SMILES string of the molecule is COc1ccc(CN=C(N)Nc2cccc(OC)c2)cc1.I. The Morgan fingerprint density at radius 3 is 2.36 bits per heavy atom. The molecule has 2 aromatic rings. The van der Waals surface area contributed by atoms with Gasteiger partial charge in [0, 0.05) is 11.8 Å². The second kappa shape index (κ2) is 9.14. The predicted molar refractivity (Wildman–Crippen MR) is 100 cm³/mol. The topological polar surface area (TPSA) is 68.9 Å². The van der Waals surface area contributed by atoms with Gasteiger partial charge in [0.2, 0.25) is 0 Å². The molecule has 0 aliphatic rings. The van der Waals surface area contributed by atoms with Gasteiger partial charge in [-0.25, -0.2) is 4.99 Å². The third kappa shape index (κ3) is 5.44. The lowest BCUT2D eigenvalue weighted by molar-refractivity contribution is 0.414. The molecule has 3 N–H and O–H groups in total. The Morgan fingerprint density at radius 1 is 1.05 bits per heavy atom. The van der Waals surface area contributed by atoms with Gasteiger partial charge in [0.1, 0.15) is 11.5 Å². The maximum absolute atomic E-state index is 5.87. The van der Waals surface area contributed by atoms with Crippen LogP contribution in [0.4, 0.5) is 5.69 Å². The number of ether oxygens (including phenoxy) is 2. The van der Waals surface area contributed by atoms with Crippen LogP contribution in [0.3, 0.4) is 0 Å². The van der Waals surface area contributed by atoms with Gasteiger partial charge in [-0.15, -0.1) is 24.0 Å². The number of aliphatic imine (C=N–C) groups is 1. The van der Waals surface area contributed by atoms with Gasteiger partial charge in [0.05, 0.1) is 20.8 Å². The Bertz CT molecular complexity index is 615. The normalized spacial score (nSPS) is 10.5. The quantitative estimate of drug-likeness (QED) is 0.449. The highest BCUT2D eigenvalue weighted by Crippen LogP contribution is 2.16. The van der Waals surface area contributed by atoms with Gasteiger partial charge in [0.15, 0.2) is 5.96 Å². The maximum Gasteiger partial charge on any atom is 0.193 e. The number of methoxy groups -OCH3 is 2. The first-order valence-corrected chi connectivity index (χ1v) is 6.55. The summed E-state index contributed by atoms with van der Waals surface area (Å²) in [6.45, 7) is 0.507. The van der Waals surface area contributed by atoms with Gasteiger partial charge in [-0.1, -0.05) is 18.2 Å².